The summed E-state index contributed by atoms with van der Waals surface area (Å²) in [5.74, 6) is 0.993. The van der Waals surface area contributed by atoms with Crippen molar-refractivity contribution in [1.29, 1.82) is 0 Å². The lowest BCUT2D eigenvalue weighted by Crippen LogP contribution is -2.49. The number of rotatable bonds is 5. The summed E-state index contributed by atoms with van der Waals surface area (Å²) >= 11 is 0. The minimum Gasteiger partial charge on any atom is -0.340 e. The number of hydrogen-bond acceptors (Lipinski definition) is 2. The average Bonchev–Trinajstić information content (AvgIpc) is 2.59. The molecule has 0 bridgehead atoms. The third-order valence-corrected chi connectivity index (χ3v) is 4.79. The van der Waals surface area contributed by atoms with Crippen LogP contribution in [-0.2, 0) is 11.2 Å². The van der Waals surface area contributed by atoms with Crippen molar-refractivity contribution in [3.05, 3.63) is 48.0 Å². The molecule has 1 aliphatic rings. The SMILES string of the molecule is CC(C)CN1CCN(C(=O)CCc2ccc3ccccc3c2)CC1. The minimum atomic E-state index is 0.298. The number of amides is 1. The molecule has 2 aromatic carbocycles. The van der Waals surface area contributed by atoms with Crippen molar-refractivity contribution in [1.82, 2.24) is 9.80 Å². The fourth-order valence-corrected chi connectivity index (χ4v) is 3.50. The second kappa shape index (κ2) is 7.80. The van der Waals surface area contributed by atoms with E-state index < -0.39 is 0 Å². The zero-order chi connectivity index (χ0) is 16.9. The van der Waals surface area contributed by atoms with Crippen molar-refractivity contribution in [3.8, 4) is 0 Å². The quantitative estimate of drug-likeness (QED) is 0.839. The first-order valence-corrected chi connectivity index (χ1v) is 9.09. The van der Waals surface area contributed by atoms with Gasteiger partial charge in [0.2, 0.25) is 5.91 Å². The van der Waals surface area contributed by atoms with Crippen LogP contribution in [-0.4, -0.2) is 48.4 Å². The lowest BCUT2D eigenvalue weighted by Gasteiger charge is -2.35. The molecule has 3 nitrogen and oxygen atoms in total. The zero-order valence-electron chi connectivity index (χ0n) is 14.9. The van der Waals surface area contributed by atoms with E-state index in [1.54, 1.807) is 0 Å². The fourth-order valence-electron chi connectivity index (χ4n) is 3.50. The molecule has 0 spiro atoms. The topological polar surface area (TPSA) is 23.6 Å². The molecular formula is C21H28N2O. The Morgan fingerprint density at radius 2 is 1.71 bits per heavy atom. The lowest BCUT2D eigenvalue weighted by atomic mass is 10.0. The van der Waals surface area contributed by atoms with Gasteiger partial charge in [0.05, 0.1) is 0 Å². The largest absolute Gasteiger partial charge is 0.340 e. The Hall–Kier alpha value is -1.87. The van der Waals surface area contributed by atoms with Gasteiger partial charge in [0.15, 0.2) is 0 Å². The molecule has 2 aromatic rings. The van der Waals surface area contributed by atoms with Crippen LogP contribution in [0.3, 0.4) is 0 Å². The molecule has 1 aliphatic heterocycles. The van der Waals surface area contributed by atoms with Crippen LogP contribution in [0.1, 0.15) is 25.8 Å². The molecular weight excluding hydrogens is 296 g/mol. The Balaban J connectivity index is 1.50. The second-order valence-corrected chi connectivity index (χ2v) is 7.26. The third kappa shape index (κ3) is 4.35. The van der Waals surface area contributed by atoms with Crippen molar-refractivity contribution < 1.29 is 4.79 Å². The van der Waals surface area contributed by atoms with Crippen molar-refractivity contribution in [3.63, 3.8) is 0 Å². The first-order valence-electron chi connectivity index (χ1n) is 9.09. The Morgan fingerprint density at radius 3 is 2.42 bits per heavy atom. The van der Waals surface area contributed by atoms with Crippen LogP contribution in [0.15, 0.2) is 42.5 Å². The maximum atomic E-state index is 12.5. The van der Waals surface area contributed by atoms with E-state index in [1.165, 1.54) is 16.3 Å². The fraction of sp³-hybridized carbons (Fsp3) is 0.476. The molecule has 1 amide bonds. The molecule has 0 aromatic heterocycles. The highest BCUT2D eigenvalue weighted by molar-refractivity contribution is 5.83. The summed E-state index contributed by atoms with van der Waals surface area (Å²) in [5.41, 5.74) is 1.25. The van der Waals surface area contributed by atoms with Crippen LogP contribution < -0.4 is 0 Å². The molecule has 1 heterocycles. The molecule has 3 rings (SSSR count). The van der Waals surface area contributed by atoms with E-state index in [9.17, 15) is 4.79 Å². The van der Waals surface area contributed by atoms with E-state index >= 15 is 0 Å². The molecule has 0 atom stereocenters. The van der Waals surface area contributed by atoms with Gasteiger partial charge in [0.25, 0.3) is 0 Å². The third-order valence-electron chi connectivity index (χ3n) is 4.79. The van der Waals surface area contributed by atoms with Crippen molar-refractivity contribution in [2.45, 2.75) is 26.7 Å². The van der Waals surface area contributed by atoms with E-state index in [-0.39, 0.29) is 0 Å². The number of nitrogens with zero attached hydrogens (tertiary/aromatic N) is 2. The standard InChI is InChI=1S/C21H28N2O/c1-17(2)16-22-11-13-23(14-12-22)21(24)10-8-18-7-9-19-5-3-4-6-20(19)15-18/h3-7,9,15,17H,8,10-14,16H2,1-2H3. The van der Waals surface area contributed by atoms with Crippen LogP contribution in [0.4, 0.5) is 0 Å². The van der Waals surface area contributed by atoms with Gasteiger partial charge >= 0.3 is 0 Å². The summed E-state index contributed by atoms with van der Waals surface area (Å²) in [5, 5.41) is 2.51. The summed E-state index contributed by atoms with van der Waals surface area (Å²) in [4.78, 5) is 17.0. The Bertz CT molecular complexity index is 687. The van der Waals surface area contributed by atoms with Gasteiger partial charge in [-0.1, -0.05) is 56.3 Å². The van der Waals surface area contributed by atoms with Gasteiger partial charge in [-0.25, -0.2) is 0 Å². The summed E-state index contributed by atoms with van der Waals surface area (Å²) in [6.07, 6.45) is 1.44. The van der Waals surface area contributed by atoms with Gasteiger partial charge in [-0.05, 0) is 28.7 Å². The van der Waals surface area contributed by atoms with E-state index in [2.05, 4.69) is 61.2 Å². The van der Waals surface area contributed by atoms with Gasteiger partial charge < -0.3 is 4.90 Å². The van der Waals surface area contributed by atoms with Crippen molar-refractivity contribution in [2.24, 2.45) is 5.92 Å². The molecule has 0 unspecified atom stereocenters. The highest BCUT2D eigenvalue weighted by Gasteiger charge is 2.21. The van der Waals surface area contributed by atoms with Crippen LogP contribution in [0, 0.1) is 5.92 Å². The number of aryl methyl sites for hydroxylation is 1. The molecule has 24 heavy (non-hydrogen) atoms. The maximum absolute atomic E-state index is 12.5. The molecule has 0 aliphatic carbocycles. The van der Waals surface area contributed by atoms with Crippen LogP contribution in [0.2, 0.25) is 0 Å². The Labute approximate surface area is 145 Å². The van der Waals surface area contributed by atoms with Crippen LogP contribution in [0.25, 0.3) is 10.8 Å². The van der Waals surface area contributed by atoms with Gasteiger partial charge in [-0.15, -0.1) is 0 Å². The number of carbonyl (C=O) groups excluding carboxylic acids is 1. The summed E-state index contributed by atoms with van der Waals surface area (Å²) < 4.78 is 0. The number of benzene rings is 2. The average molecular weight is 324 g/mol. The van der Waals surface area contributed by atoms with E-state index in [0.717, 1.165) is 39.1 Å². The zero-order valence-corrected chi connectivity index (χ0v) is 14.9. The number of carbonyl (C=O) groups is 1. The molecule has 0 saturated carbocycles. The summed E-state index contributed by atoms with van der Waals surface area (Å²) in [6.45, 7) is 9.42. The van der Waals surface area contributed by atoms with Gasteiger partial charge in [0, 0.05) is 39.1 Å². The number of piperazine rings is 1. The van der Waals surface area contributed by atoms with E-state index in [1.807, 2.05) is 4.90 Å². The van der Waals surface area contributed by atoms with Crippen LogP contribution in [0.5, 0.6) is 0 Å². The number of fused-ring (bicyclic) bond motifs is 1. The first-order chi connectivity index (χ1) is 11.6. The predicted octanol–water partition coefficient (Wildman–Crippen LogP) is 3.57. The monoisotopic (exact) mass is 324 g/mol. The number of hydrogen-bond donors (Lipinski definition) is 0. The molecule has 3 heteroatoms. The Morgan fingerprint density at radius 1 is 1.00 bits per heavy atom. The summed E-state index contributed by atoms with van der Waals surface area (Å²) in [6, 6.07) is 14.9. The van der Waals surface area contributed by atoms with Crippen molar-refractivity contribution >= 4 is 16.7 Å². The van der Waals surface area contributed by atoms with E-state index in [4.69, 9.17) is 0 Å². The lowest BCUT2D eigenvalue weighted by molar-refractivity contribution is -0.132. The minimum absolute atomic E-state index is 0.298. The molecule has 0 N–H and O–H groups in total. The molecule has 1 fully saturated rings. The molecule has 128 valence electrons. The normalized spacial score (nSPS) is 16.0. The van der Waals surface area contributed by atoms with Gasteiger partial charge in [-0.3, -0.25) is 9.69 Å². The van der Waals surface area contributed by atoms with Gasteiger partial charge in [0.1, 0.15) is 0 Å². The van der Waals surface area contributed by atoms with E-state index in [0.29, 0.717) is 18.2 Å². The maximum Gasteiger partial charge on any atom is 0.222 e. The molecule has 1 saturated heterocycles. The Kier molecular flexibility index (Phi) is 5.52. The highest BCUT2D eigenvalue weighted by atomic mass is 16.2. The van der Waals surface area contributed by atoms with Crippen molar-refractivity contribution in [2.75, 3.05) is 32.7 Å². The molecule has 0 radical (unpaired) electrons. The van der Waals surface area contributed by atoms with Gasteiger partial charge in [-0.2, -0.15) is 0 Å². The smallest absolute Gasteiger partial charge is 0.222 e. The van der Waals surface area contributed by atoms with Crippen LogP contribution >= 0.6 is 0 Å². The summed E-state index contributed by atoms with van der Waals surface area (Å²) in [7, 11) is 0. The highest BCUT2D eigenvalue weighted by Crippen LogP contribution is 2.17. The second-order valence-electron chi connectivity index (χ2n) is 7.26. The predicted molar refractivity (Wildman–Crippen MR) is 100 cm³/mol. The first kappa shape index (κ1) is 17.0.